The lowest BCUT2D eigenvalue weighted by Gasteiger charge is -2.24. The van der Waals surface area contributed by atoms with Crippen molar-refractivity contribution in [1.82, 2.24) is 0 Å². The maximum atomic E-state index is 8.96. The van der Waals surface area contributed by atoms with Crippen molar-refractivity contribution >= 4 is 5.69 Å². The fourth-order valence-electron chi connectivity index (χ4n) is 1.62. The Bertz CT molecular complexity index is 388. The molecular formula is C14H20N2. The second-order valence-corrected chi connectivity index (χ2v) is 4.95. The largest absolute Gasteiger partial charge is 0.374 e. The predicted molar refractivity (Wildman–Crippen MR) is 68.5 cm³/mol. The standard InChI is InChI=1S/C14H20N2/c1-12-7-5-6-8-13(12)16(4)10-9-14(2,3)11-15/h5-8H,9-10H2,1-4H3. The van der Waals surface area contributed by atoms with Gasteiger partial charge in [0.15, 0.2) is 0 Å². The summed E-state index contributed by atoms with van der Waals surface area (Å²) in [6.45, 7) is 6.99. The normalized spacial score (nSPS) is 10.9. The fraction of sp³-hybridized carbons (Fsp3) is 0.500. The SMILES string of the molecule is Cc1ccccc1N(C)CCC(C)(C)C#N. The van der Waals surface area contributed by atoms with Crippen molar-refractivity contribution in [2.24, 2.45) is 5.41 Å². The highest BCUT2D eigenvalue weighted by Crippen LogP contribution is 2.22. The van der Waals surface area contributed by atoms with E-state index in [2.05, 4.69) is 37.1 Å². The maximum Gasteiger partial charge on any atom is 0.0684 e. The molecule has 1 aromatic carbocycles. The molecule has 2 nitrogen and oxygen atoms in total. The van der Waals surface area contributed by atoms with Gasteiger partial charge >= 0.3 is 0 Å². The van der Waals surface area contributed by atoms with Gasteiger partial charge < -0.3 is 4.90 Å². The minimum atomic E-state index is -0.239. The maximum absolute atomic E-state index is 8.96. The Kier molecular flexibility index (Phi) is 3.95. The molecule has 0 aromatic heterocycles. The number of rotatable bonds is 4. The minimum absolute atomic E-state index is 0.239. The lowest BCUT2D eigenvalue weighted by molar-refractivity contribution is 0.455. The summed E-state index contributed by atoms with van der Waals surface area (Å²) in [6.07, 6.45) is 0.883. The zero-order valence-corrected chi connectivity index (χ0v) is 10.6. The van der Waals surface area contributed by atoms with Gasteiger partial charge in [0, 0.05) is 19.3 Å². The van der Waals surface area contributed by atoms with E-state index in [9.17, 15) is 0 Å². The Labute approximate surface area is 98.5 Å². The fourth-order valence-corrected chi connectivity index (χ4v) is 1.62. The van der Waals surface area contributed by atoms with Crippen molar-refractivity contribution in [3.05, 3.63) is 29.8 Å². The molecule has 0 spiro atoms. The molecule has 0 atom stereocenters. The summed E-state index contributed by atoms with van der Waals surface area (Å²) in [5, 5.41) is 8.96. The van der Waals surface area contributed by atoms with E-state index < -0.39 is 0 Å². The molecule has 0 aliphatic heterocycles. The summed E-state index contributed by atoms with van der Waals surface area (Å²) in [7, 11) is 2.08. The van der Waals surface area contributed by atoms with Gasteiger partial charge in [-0.15, -0.1) is 0 Å². The van der Waals surface area contributed by atoms with E-state index in [0.29, 0.717) is 0 Å². The summed E-state index contributed by atoms with van der Waals surface area (Å²) in [5.41, 5.74) is 2.28. The van der Waals surface area contributed by atoms with Crippen LogP contribution in [0.5, 0.6) is 0 Å². The van der Waals surface area contributed by atoms with E-state index in [1.165, 1.54) is 11.3 Å². The van der Waals surface area contributed by atoms with Crippen LogP contribution in [0.4, 0.5) is 5.69 Å². The number of nitrogens with zero attached hydrogens (tertiary/aromatic N) is 2. The van der Waals surface area contributed by atoms with Crippen LogP contribution >= 0.6 is 0 Å². The molecule has 0 saturated heterocycles. The topological polar surface area (TPSA) is 27.0 Å². The van der Waals surface area contributed by atoms with Crippen LogP contribution in [0.1, 0.15) is 25.8 Å². The molecule has 0 aliphatic carbocycles. The summed E-state index contributed by atoms with van der Waals surface area (Å²) in [5.74, 6) is 0. The van der Waals surface area contributed by atoms with Crippen LogP contribution in [0.25, 0.3) is 0 Å². The van der Waals surface area contributed by atoms with Crippen molar-refractivity contribution in [2.45, 2.75) is 27.2 Å². The quantitative estimate of drug-likeness (QED) is 0.771. The van der Waals surface area contributed by atoms with E-state index in [4.69, 9.17) is 5.26 Å². The summed E-state index contributed by atoms with van der Waals surface area (Å²) in [6, 6.07) is 10.7. The van der Waals surface area contributed by atoms with Crippen molar-refractivity contribution in [2.75, 3.05) is 18.5 Å². The van der Waals surface area contributed by atoms with E-state index in [0.717, 1.165) is 13.0 Å². The first-order valence-corrected chi connectivity index (χ1v) is 5.64. The Balaban J connectivity index is 2.64. The molecule has 0 bridgehead atoms. The molecule has 0 unspecified atom stereocenters. The lowest BCUT2D eigenvalue weighted by atomic mass is 9.91. The van der Waals surface area contributed by atoms with Crippen molar-refractivity contribution in [3.63, 3.8) is 0 Å². The van der Waals surface area contributed by atoms with Crippen LogP contribution in [0.2, 0.25) is 0 Å². The van der Waals surface area contributed by atoms with Crippen LogP contribution in [-0.2, 0) is 0 Å². The van der Waals surface area contributed by atoms with Gasteiger partial charge in [0.05, 0.1) is 11.5 Å². The zero-order valence-electron chi connectivity index (χ0n) is 10.6. The van der Waals surface area contributed by atoms with Crippen LogP contribution in [-0.4, -0.2) is 13.6 Å². The molecule has 0 aliphatic rings. The monoisotopic (exact) mass is 216 g/mol. The average Bonchev–Trinajstić information content (AvgIpc) is 2.27. The van der Waals surface area contributed by atoms with Gasteiger partial charge in [-0.1, -0.05) is 18.2 Å². The molecule has 0 saturated carbocycles. The third kappa shape index (κ3) is 3.27. The molecule has 0 heterocycles. The molecule has 2 heteroatoms. The Hall–Kier alpha value is -1.49. The highest BCUT2D eigenvalue weighted by Gasteiger charge is 2.17. The van der Waals surface area contributed by atoms with E-state index >= 15 is 0 Å². The molecule has 86 valence electrons. The van der Waals surface area contributed by atoms with Crippen molar-refractivity contribution in [1.29, 1.82) is 5.26 Å². The summed E-state index contributed by atoms with van der Waals surface area (Å²) >= 11 is 0. The van der Waals surface area contributed by atoms with Crippen molar-refractivity contribution in [3.8, 4) is 6.07 Å². The second-order valence-electron chi connectivity index (χ2n) is 4.95. The zero-order chi connectivity index (χ0) is 12.2. The van der Waals surface area contributed by atoms with Crippen LogP contribution in [0, 0.1) is 23.7 Å². The molecular weight excluding hydrogens is 196 g/mol. The predicted octanol–water partition coefficient (Wildman–Crippen LogP) is 3.37. The molecule has 16 heavy (non-hydrogen) atoms. The van der Waals surface area contributed by atoms with Gasteiger partial charge in [0.2, 0.25) is 0 Å². The smallest absolute Gasteiger partial charge is 0.0684 e. The highest BCUT2D eigenvalue weighted by atomic mass is 15.1. The van der Waals surface area contributed by atoms with E-state index in [1.54, 1.807) is 0 Å². The molecule has 0 amide bonds. The lowest BCUT2D eigenvalue weighted by Crippen LogP contribution is -2.24. The number of hydrogen-bond acceptors (Lipinski definition) is 2. The van der Waals surface area contributed by atoms with E-state index in [-0.39, 0.29) is 5.41 Å². The van der Waals surface area contributed by atoms with Gasteiger partial charge in [-0.05, 0) is 38.8 Å². The number of nitriles is 1. The number of hydrogen-bond donors (Lipinski definition) is 0. The van der Waals surface area contributed by atoms with Gasteiger partial charge in [0.25, 0.3) is 0 Å². The van der Waals surface area contributed by atoms with Gasteiger partial charge in [-0.25, -0.2) is 0 Å². The molecule has 0 fully saturated rings. The van der Waals surface area contributed by atoms with Crippen molar-refractivity contribution < 1.29 is 0 Å². The first kappa shape index (κ1) is 12.6. The Morgan fingerprint density at radius 2 is 1.94 bits per heavy atom. The van der Waals surface area contributed by atoms with Crippen LogP contribution in [0.3, 0.4) is 0 Å². The molecule has 1 aromatic rings. The van der Waals surface area contributed by atoms with Crippen LogP contribution < -0.4 is 4.90 Å². The minimum Gasteiger partial charge on any atom is -0.374 e. The summed E-state index contributed by atoms with van der Waals surface area (Å²) < 4.78 is 0. The number of benzene rings is 1. The summed E-state index contributed by atoms with van der Waals surface area (Å²) in [4.78, 5) is 2.22. The number of aryl methyl sites for hydroxylation is 1. The third-order valence-electron chi connectivity index (χ3n) is 2.90. The first-order valence-electron chi connectivity index (χ1n) is 5.64. The Morgan fingerprint density at radius 1 is 1.31 bits per heavy atom. The van der Waals surface area contributed by atoms with Gasteiger partial charge in [-0.3, -0.25) is 0 Å². The third-order valence-corrected chi connectivity index (χ3v) is 2.90. The Morgan fingerprint density at radius 3 is 2.50 bits per heavy atom. The molecule has 0 radical (unpaired) electrons. The van der Waals surface area contributed by atoms with Gasteiger partial charge in [-0.2, -0.15) is 5.26 Å². The van der Waals surface area contributed by atoms with E-state index in [1.807, 2.05) is 26.0 Å². The van der Waals surface area contributed by atoms with Crippen LogP contribution in [0.15, 0.2) is 24.3 Å². The molecule has 0 N–H and O–H groups in total. The average molecular weight is 216 g/mol. The first-order chi connectivity index (χ1) is 7.46. The second kappa shape index (κ2) is 5.03. The molecule has 1 rings (SSSR count). The number of anilines is 1. The van der Waals surface area contributed by atoms with Gasteiger partial charge in [0.1, 0.15) is 0 Å². The number of para-hydroxylation sites is 1. The highest BCUT2D eigenvalue weighted by molar-refractivity contribution is 5.52.